The quantitative estimate of drug-likeness (QED) is 0.604. The molecule has 0 spiro atoms. The molecule has 1 aliphatic rings. The molecule has 0 aromatic carbocycles. The summed E-state index contributed by atoms with van der Waals surface area (Å²) in [5.74, 6) is 0.538. The molecule has 18 heavy (non-hydrogen) atoms. The maximum atomic E-state index is 11.0. The number of rotatable bonds is 7. The second-order valence-corrected chi connectivity index (χ2v) is 5.38. The zero-order valence-corrected chi connectivity index (χ0v) is 11.3. The smallest absolute Gasteiger partial charge is 0.306 e. The summed E-state index contributed by atoms with van der Waals surface area (Å²) in [6.07, 6.45) is 4.78. The van der Waals surface area contributed by atoms with Crippen molar-refractivity contribution >= 4 is 17.7 Å². The monoisotopic (exact) mass is 266 g/mol. The average molecular weight is 266 g/mol. The van der Waals surface area contributed by atoms with Crippen LogP contribution in [0.25, 0.3) is 0 Å². The Hall–Kier alpha value is -1.07. The van der Waals surface area contributed by atoms with E-state index in [4.69, 9.17) is 0 Å². The Labute approximate surface area is 112 Å². The highest BCUT2D eigenvalue weighted by Gasteiger charge is 2.20. The Balaban J connectivity index is 1.83. The zero-order valence-electron chi connectivity index (χ0n) is 10.5. The Bertz CT molecular complexity index is 408. The first-order valence-electron chi connectivity index (χ1n) is 6.16. The summed E-state index contributed by atoms with van der Waals surface area (Å²) in [6.45, 7) is 0.860. The normalized spacial score (nSPS) is 14.5. The summed E-state index contributed by atoms with van der Waals surface area (Å²) in [4.78, 5) is 15.4. The molecule has 0 radical (unpaired) electrons. The third-order valence-electron chi connectivity index (χ3n) is 2.78. The molecule has 5 heteroatoms. The van der Waals surface area contributed by atoms with Crippen LogP contribution >= 0.6 is 11.8 Å². The largest absolute Gasteiger partial charge is 0.469 e. The summed E-state index contributed by atoms with van der Waals surface area (Å²) in [5, 5.41) is 4.49. The van der Waals surface area contributed by atoms with Crippen LogP contribution in [-0.4, -0.2) is 29.9 Å². The molecule has 0 bridgehead atoms. The van der Waals surface area contributed by atoms with Gasteiger partial charge < -0.3 is 10.1 Å². The van der Waals surface area contributed by atoms with Gasteiger partial charge in [-0.15, -0.1) is 11.8 Å². The van der Waals surface area contributed by atoms with Crippen LogP contribution in [0.15, 0.2) is 23.4 Å². The molecule has 0 saturated heterocycles. The van der Waals surface area contributed by atoms with Crippen molar-refractivity contribution < 1.29 is 9.53 Å². The highest BCUT2D eigenvalue weighted by Crippen LogP contribution is 2.23. The van der Waals surface area contributed by atoms with Crippen molar-refractivity contribution in [3.05, 3.63) is 23.9 Å². The van der Waals surface area contributed by atoms with Crippen molar-refractivity contribution in [3.8, 4) is 0 Å². The lowest BCUT2D eigenvalue weighted by Gasteiger charge is -2.08. The highest BCUT2D eigenvalue weighted by molar-refractivity contribution is 7.99. The zero-order chi connectivity index (χ0) is 12.8. The average Bonchev–Trinajstić information content (AvgIpc) is 3.21. The van der Waals surface area contributed by atoms with Crippen molar-refractivity contribution in [2.24, 2.45) is 0 Å². The van der Waals surface area contributed by atoms with Gasteiger partial charge in [-0.2, -0.15) is 0 Å². The van der Waals surface area contributed by atoms with Gasteiger partial charge in [0.25, 0.3) is 0 Å². The number of aromatic nitrogens is 1. The SMILES string of the molecule is COC(=O)CCSc1ncccc1CNC1CC1. The van der Waals surface area contributed by atoms with E-state index in [9.17, 15) is 4.79 Å². The van der Waals surface area contributed by atoms with Gasteiger partial charge in [0.05, 0.1) is 13.5 Å². The van der Waals surface area contributed by atoms with Crippen LogP contribution in [0.2, 0.25) is 0 Å². The van der Waals surface area contributed by atoms with Gasteiger partial charge in [0.1, 0.15) is 5.03 Å². The van der Waals surface area contributed by atoms with Gasteiger partial charge in [-0.05, 0) is 24.5 Å². The van der Waals surface area contributed by atoms with Crippen molar-refractivity contribution in [3.63, 3.8) is 0 Å². The minimum absolute atomic E-state index is 0.170. The van der Waals surface area contributed by atoms with E-state index in [1.54, 1.807) is 18.0 Å². The van der Waals surface area contributed by atoms with Crippen molar-refractivity contribution in [2.45, 2.75) is 36.9 Å². The summed E-state index contributed by atoms with van der Waals surface area (Å²) in [7, 11) is 1.42. The topological polar surface area (TPSA) is 51.2 Å². The Morgan fingerprint density at radius 2 is 2.44 bits per heavy atom. The van der Waals surface area contributed by atoms with Gasteiger partial charge in [-0.1, -0.05) is 6.07 Å². The van der Waals surface area contributed by atoms with E-state index in [0.29, 0.717) is 18.2 Å². The van der Waals surface area contributed by atoms with Crippen molar-refractivity contribution in [1.29, 1.82) is 0 Å². The summed E-state index contributed by atoms with van der Waals surface area (Å²) in [5.41, 5.74) is 1.21. The molecule has 2 rings (SSSR count). The van der Waals surface area contributed by atoms with E-state index in [0.717, 1.165) is 11.6 Å². The number of hydrogen-bond acceptors (Lipinski definition) is 5. The number of carbonyl (C=O) groups is 1. The molecular formula is C13H18N2O2S. The van der Waals surface area contributed by atoms with Crippen molar-refractivity contribution in [1.82, 2.24) is 10.3 Å². The standard InChI is InChI=1S/C13H18N2O2S/c1-17-12(16)6-8-18-13-10(3-2-7-14-13)9-15-11-4-5-11/h2-3,7,11,15H,4-6,8-9H2,1H3. The molecule has 1 fully saturated rings. The second-order valence-electron chi connectivity index (χ2n) is 4.30. The lowest BCUT2D eigenvalue weighted by Crippen LogP contribution is -2.16. The summed E-state index contributed by atoms with van der Waals surface area (Å²) >= 11 is 1.61. The molecule has 1 saturated carbocycles. The van der Waals surface area contributed by atoms with E-state index in [2.05, 4.69) is 21.1 Å². The summed E-state index contributed by atoms with van der Waals surface area (Å²) in [6, 6.07) is 4.73. The number of esters is 1. The molecule has 98 valence electrons. The van der Waals surface area contributed by atoms with Gasteiger partial charge in [0.15, 0.2) is 0 Å². The molecule has 1 aliphatic carbocycles. The van der Waals surface area contributed by atoms with E-state index in [-0.39, 0.29) is 5.97 Å². The number of thioether (sulfide) groups is 1. The van der Waals surface area contributed by atoms with Crippen LogP contribution in [0, 0.1) is 0 Å². The number of nitrogens with one attached hydrogen (secondary N) is 1. The predicted molar refractivity (Wildman–Crippen MR) is 71.5 cm³/mol. The molecule has 0 atom stereocenters. The van der Waals surface area contributed by atoms with E-state index >= 15 is 0 Å². The Morgan fingerprint density at radius 1 is 1.61 bits per heavy atom. The van der Waals surface area contributed by atoms with Crippen LogP contribution in [0.3, 0.4) is 0 Å². The maximum Gasteiger partial charge on any atom is 0.306 e. The Morgan fingerprint density at radius 3 is 3.17 bits per heavy atom. The lowest BCUT2D eigenvalue weighted by atomic mass is 10.3. The lowest BCUT2D eigenvalue weighted by molar-refractivity contribution is -0.140. The van der Waals surface area contributed by atoms with E-state index in [1.807, 2.05) is 6.07 Å². The molecule has 0 amide bonds. The minimum atomic E-state index is -0.170. The molecule has 1 heterocycles. The fraction of sp³-hybridized carbons (Fsp3) is 0.538. The first-order chi connectivity index (χ1) is 8.79. The molecule has 1 aromatic heterocycles. The van der Waals surface area contributed by atoms with Gasteiger partial charge >= 0.3 is 5.97 Å². The second kappa shape index (κ2) is 6.75. The van der Waals surface area contributed by atoms with Crippen LogP contribution in [0.4, 0.5) is 0 Å². The van der Waals surface area contributed by atoms with E-state index < -0.39 is 0 Å². The first-order valence-corrected chi connectivity index (χ1v) is 7.15. The van der Waals surface area contributed by atoms with Crippen LogP contribution < -0.4 is 5.32 Å². The molecule has 0 aliphatic heterocycles. The van der Waals surface area contributed by atoms with Crippen LogP contribution in [-0.2, 0) is 16.1 Å². The molecule has 1 aromatic rings. The fourth-order valence-electron chi connectivity index (χ4n) is 1.56. The minimum Gasteiger partial charge on any atom is -0.469 e. The van der Waals surface area contributed by atoms with Gasteiger partial charge in [0, 0.05) is 24.5 Å². The fourth-order valence-corrected chi connectivity index (χ4v) is 2.49. The third kappa shape index (κ3) is 4.31. The maximum absolute atomic E-state index is 11.0. The number of pyridine rings is 1. The number of ether oxygens (including phenoxy) is 1. The molecule has 1 N–H and O–H groups in total. The number of nitrogens with zero attached hydrogens (tertiary/aromatic N) is 1. The molecule has 0 unspecified atom stereocenters. The highest BCUT2D eigenvalue weighted by atomic mass is 32.2. The van der Waals surface area contributed by atoms with Crippen LogP contribution in [0.5, 0.6) is 0 Å². The van der Waals surface area contributed by atoms with Crippen molar-refractivity contribution in [2.75, 3.05) is 12.9 Å². The number of hydrogen-bond donors (Lipinski definition) is 1. The van der Waals surface area contributed by atoms with E-state index in [1.165, 1.54) is 25.5 Å². The molecule has 4 nitrogen and oxygen atoms in total. The molecular weight excluding hydrogens is 248 g/mol. The first kappa shape index (κ1) is 13.4. The van der Waals surface area contributed by atoms with Crippen LogP contribution in [0.1, 0.15) is 24.8 Å². The summed E-state index contributed by atoms with van der Waals surface area (Å²) < 4.78 is 4.62. The van der Waals surface area contributed by atoms with Gasteiger partial charge in [-0.25, -0.2) is 4.98 Å². The number of carbonyl (C=O) groups excluding carboxylic acids is 1. The Kier molecular flexibility index (Phi) is 5.01. The number of methoxy groups -OCH3 is 1. The van der Waals surface area contributed by atoms with Gasteiger partial charge in [0.2, 0.25) is 0 Å². The predicted octanol–water partition coefficient (Wildman–Crippen LogP) is 1.99. The van der Waals surface area contributed by atoms with Gasteiger partial charge in [-0.3, -0.25) is 4.79 Å². The third-order valence-corrected chi connectivity index (χ3v) is 3.83.